The van der Waals surface area contributed by atoms with Gasteiger partial charge in [0.05, 0.1) is 6.04 Å². The number of nitrogens with two attached hydrogens (primary N) is 1. The lowest BCUT2D eigenvalue weighted by atomic mass is 10.1. The second kappa shape index (κ2) is 12.6. The Hall–Kier alpha value is -3.40. The van der Waals surface area contributed by atoms with Crippen LogP contribution in [0.3, 0.4) is 0 Å². The van der Waals surface area contributed by atoms with E-state index in [2.05, 4.69) is 32.7 Å². The number of aliphatic carboxylic acids is 1. The molecule has 2 fully saturated rings. The van der Waals surface area contributed by atoms with Crippen LogP contribution in [0.4, 0.5) is 0 Å². The van der Waals surface area contributed by atoms with Crippen molar-refractivity contribution in [2.24, 2.45) is 5.73 Å². The number of nitrogens with zero attached hydrogens (tertiary/aromatic N) is 3. The quantitative estimate of drug-likeness (QED) is 0.242. The highest BCUT2D eigenvalue weighted by Gasteiger charge is 2.38. The summed E-state index contributed by atoms with van der Waals surface area (Å²) in [6.45, 7) is 6.55. The minimum atomic E-state index is -1.03. The third kappa shape index (κ3) is 6.61. The summed E-state index contributed by atoms with van der Waals surface area (Å²) in [6, 6.07) is 7.29. The highest BCUT2D eigenvalue weighted by atomic mass is 16.4. The van der Waals surface area contributed by atoms with Crippen molar-refractivity contribution in [2.45, 2.75) is 89.9 Å². The molecule has 0 saturated carbocycles. The lowest BCUT2D eigenvalue weighted by molar-refractivity contribution is -0.142. The van der Waals surface area contributed by atoms with E-state index in [1.807, 2.05) is 18.2 Å². The van der Waals surface area contributed by atoms with E-state index in [1.54, 1.807) is 0 Å². The molecule has 3 heterocycles. The van der Waals surface area contributed by atoms with Crippen LogP contribution in [-0.4, -0.2) is 80.9 Å². The molecule has 2 saturated heterocycles. The molecule has 0 aliphatic carbocycles. The van der Waals surface area contributed by atoms with Gasteiger partial charge in [-0.05, 0) is 88.9 Å². The highest BCUT2D eigenvalue weighted by Crippen LogP contribution is 2.29. The number of nitrogen functional groups attached to an aromatic ring is 1. The zero-order chi connectivity index (χ0) is 28.1. The Morgan fingerprint density at radius 2 is 1.95 bits per heavy atom. The number of benzene rings is 1. The minimum Gasteiger partial charge on any atom is -0.480 e. The van der Waals surface area contributed by atoms with Gasteiger partial charge in [-0.3, -0.25) is 19.9 Å². The van der Waals surface area contributed by atoms with Gasteiger partial charge in [-0.2, -0.15) is 0 Å². The molecule has 3 atom stereocenters. The third-order valence-electron chi connectivity index (χ3n) is 8.27. The molecule has 0 bridgehead atoms. The number of amidine groups is 1. The summed E-state index contributed by atoms with van der Waals surface area (Å²) >= 11 is 0. The topological polar surface area (TPSA) is 145 Å². The van der Waals surface area contributed by atoms with Gasteiger partial charge in [0.25, 0.3) is 0 Å². The highest BCUT2D eigenvalue weighted by molar-refractivity contribution is 5.98. The zero-order valence-corrected chi connectivity index (χ0v) is 23.1. The number of hydrogen-bond acceptors (Lipinski definition) is 5. The molecule has 39 heavy (non-hydrogen) atoms. The fourth-order valence-electron chi connectivity index (χ4n) is 6.37. The van der Waals surface area contributed by atoms with Crippen LogP contribution in [-0.2, 0) is 27.3 Å². The number of amides is 2. The summed E-state index contributed by atoms with van der Waals surface area (Å²) in [5.74, 6) is -1.11. The summed E-state index contributed by atoms with van der Waals surface area (Å²) in [5.41, 5.74) is 8.77. The molecule has 2 aliphatic heterocycles. The molecule has 2 aromatic rings. The van der Waals surface area contributed by atoms with E-state index >= 15 is 0 Å². The van der Waals surface area contributed by atoms with Crippen LogP contribution in [0, 0.1) is 5.41 Å². The number of nitrogens with one attached hydrogen (secondary N) is 2. The van der Waals surface area contributed by atoms with E-state index in [4.69, 9.17) is 11.1 Å². The Bertz CT molecular complexity index is 1220. The number of carbonyl (C=O) groups is 3. The van der Waals surface area contributed by atoms with Crippen LogP contribution in [0.25, 0.3) is 10.9 Å². The van der Waals surface area contributed by atoms with Crippen LogP contribution in [0.2, 0.25) is 0 Å². The van der Waals surface area contributed by atoms with E-state index in [0.717, 1.165) is 74.6 Å². The van der Waals surface area contributed by atoms with E-state index < -0.39 is 12.0 Å². The first kappa shape index (κ1) is 28.6. The van der Waals surface area contributed by atoms with Crippen molar-refractivity contribution in [3.63, 3.8) is 0 Å². The van der Waals surface area contributed by atoms with E-state index in [0.29, 0.717) is 19.4 Å². The molecule has 2 aliphatic rings. The predicted molar refractivity (Wildman–Crippen MR) is 151 cm³/mol. The summed E-state index contributed by atoms with van der Waals surface area (Å²) < 4.78 is 2.28. The first-order chi connectivity index (χ1) is 18.7. The van der Waals surface area contributed by atoms with Gasteiger partial charge in [0, 0.05) is 42.8 Å². The second-order valence-corrected chi connectivity index (χ2v) is 10.9. The number of carboxylic acids is 1. The van der Waals surface area contributed by atoms with Crippen molar-refractivity contribution in [1.29, 1.82) is 5.41 Å². The maximum atomic E-state index is 13.7. The molecular formula is C29H42N6O4. The summed E-state index contributed by atoms with van der Waals surface area (Å²) in [5, 5.41) is 20.8. The SMILES string of the molecule is CCn1c(CC[C@@H]2CCCN2C(=O)[C@H]2CCCN2CCC[C@H](NC(C)=O)C(=O)O)cc2ccc(C(=N)N)cc21. The molecule has 2 amide bonds. The van der Waals surface area contributed by atoms with E-state index in [-0.39, 0.29) is 29.7 Å². The molecule has 10 heteroatoms. The van der Waals surface area contributed by atoms with Gasteiger partial charge in [-0.1, -0.05) is 12.1 Å². The van der Waals surface area contributed by atoms with Gasteiger partial charge in [0.1, 0.15) is 11.9 Å². The van der Waals surface area contributed by atoms with Crippen LogP contribution >= 0.6 is 0 Å². The fraction of sp³-hybridized carbons (Fsp3) is 0.586. The molecule has 10 nitrogen and oxygen atoms in total. The lowest BCUT2D eigenvalue weighted by Crippen LogP contribution is -2.48. The third-order valence-corrected chi connectivity index (χ3v) is 8.27. The molecular weight excluding hydrogens is 496 g/mol. The van der Waals surface area contributed by atoms with Gasteiger partial charge in [-0.15, -0.1) is 0 Å². The lowest BCUT2D eigenvalue weighted by Gasteiger charge is -2.32. The predicted octanol–water partition coefficient (Wildman–Crippen LogP) is 2.70. The van der Waals surface area contributed by atoms with Crippen molar-refractivity contribution in [2.75, 3.05) is 19.6 Å². The number of carbonyl (C=O) groups excluding carboxylic acids is 2. The largest absolute Gasteiger partial charge is 0.480 e. The molecule has 4 rings (SSSR count). The maximum absolute atomic E-state index is 13.7. The van der Waals surface area contributed by atoms with Crippen LogP contribution < -0.4 is 11.1 Å². The van der Waals surface area contributed by atoms with Crippen molar-refractivity contribution < 1.29 is 19.5 Å². The van der Waals surface area contributed by atoms with Crippen LogP contribution in [0.15, 0.2) is 24.3 Å². The summed E-state index contributed by atoms with van der Waals surface area (Å²) in [7, 11) is 0. The molecule has 5 N–H and O–H groups in total. The first-order valence-electron chi connectivity index (χ1n) is 14.2. The number of aromatic nitrogens is 1. The Kier molecular flexibility index (Phi) is 9.27. The monoisotopic (exact) mass is 538 g/mol. The van der Waals surface area contributed by atoms with Gasteiger partial charge < -0.3 is 25.6 Å². The number of aryl methyl sites for hydroxylation is 2. The van der Waals surface area contributed by atoms with Gasteiger partial charge in [0.2, 0.25) is 11.8 Å². The van der Waals surface area contributed by atoms with Crippen molar-refractivity contribution in [3.05, 3.63) is 35.5 Å². The normalized spacial score (nSPS) is 20.4. The van der Waals surface area contributed by atoms with Crippen molar-refractivity contribution >= 4 is 34.5 Å². The number of rotatable bonds is 12. The van der Waals surface area contributed by atoms with Gasteiger partial charge >= 0.3 is 5.97 Å². The summed E-state index contributed by atoms with van der Waals surface area (Å²) in [4.78, 5) is 40.7. The number of carboxylic acid groups (broad SMARTS) is 1. The fourth-order valence-corrected chi connectivity index (χ4v) is 6.37. The average molecular weight is 539 g/mol. The van der Waals surface area contributed by atoms with E-state index in [9.17, 15) is 19.5 Å². The molecule has 1 aromatic carbocycles. The Labute approximate surface area is 230 Å². The maximum Gasteiger partial charge on any atom is 0.326 e. The molecule has 0 unspecified atom stereocenters. The molecule has 0 radical (unpaired) electrons. The van der Waals surface area contributed by atoms with E-state index in [1.165, 1.54) is 12.6 Å². The van der Waals surface area contributed by atoms with Crippen molar-refractivity contribution in [3.8, 4) is 0 Å². The Morgan fingerprint density at radius 1 is 1.18 bits per heavy atom. The molecule has 212 valence electrons. The average Bonchev–Trinajstić information content (AvgIpc) is 3.63. The standard InChI is InChI=1S/C29H42N6O4/c1-3-34-23(17-20-10-11-21(27(30)31)18-26(20)34)13-12-22-7-4-16-35(22)28(37)25-9-6-15-33(25)14-5-8-24(29(38)39)32-19(2)36/h10-11,17-18,22,24-25H,3-9,12-16H2,1-2H3,(H3,30,31)(H,32,36)(H,38,39)/t22-,24-,25+/m0/s1. The number of likely N-dealkylation sites (tertiary alicyclic amines) is 2. The minimum absolute atomic E-state index is 0.0674. The van der Waals surface area contributed by atoms with Crippen LogP contribution in [0.5, 0.6) is 0 Å². The van der Waals surface area contributed by atoms with Crippen LogP contribution in [0.1, 0.15) is 70.1 Å². The Balaban J connectivity index is 1.37. The smallest absolute Gasteiger partial charge is 0.326 e. The Morgan fingerprint density at radius 3 is 2.64 bits per heavy atom. The van der Waals surface area contributed by atoms with Gasteiger partial charge in [-0.25, -0.2) is 4.79 Å². The molecule has 1 aromatic heterocycles. The molecule has 0 spiro atoms. The van der Waals surface area contributed by atoms with Crippen molar-refractivity contribution in [1.82, 2.24) is 19.7 Å². The second-order valence-electron chi connectivity index (χ2n) is 10.9. The first-order valence-corrected chi connectivity index (χ1v) is 14.2. The zero-order valence-electron chi connectivity index (χ0n) is 23.1. The number of hydrogen-bond donors (Lipinski definition) is 4. The summed E-state index contributed by atoms with van der Waals surface area (Å²) in [6.07, 6.45) is 6.55. The number of fused-ring (bicyclic) bond motifs is 1. The van der Waals surface area contributed by atoms with Gasteiger partial charge in [0.15, 0.2) is 0 Å².